The summed E-state index contributed by atoms with van der Waals surface area (Å²) in [7, 11) is 0. The summed E-state index contributed by atoms with van der Waals surface area (Å²) < 4.78 is 3.34. The van der Waals surface area contributed by atoms with Crippen molar-refractivity contribution in [3.63, 3.8) is 0 Å². The zero-order valence-electron chi connectivity index (χ0n) is 10.8. The molecule has 0 N–H and O–H groups in total. The van der Waals surface area contributed by atoms with Gasteiger partial charge in [0.1, 0.15) is 5.82 Å². The number of rotatable bonds is 3. The topological polar surface area (TPSA) is 17.8 Å². The second-order valence-electron chi connectivity index (χ2n) is 4.58. The van der Waals surface area contributed by atoms with Crippen molar-refractivity contribution in [2.45, 2.75) is 19.8 Å². The minimum Gasteiger partial charge on any atom is -0.296 e. The van der Waals surface area contributed by atoms with Gasteiger partial charge in [-0.1, -0.05) is 41.1 Å². The number of hydrogen-bond donors (Lipinski definition) is 0. The van der Waals surface area contributed by atoms with Gasteiger partial charge in [-0.2, -0.15) is 0 Å². The first-order chi connectivity index (χ1) is 9.29. The lowest BCUT2D eigenvalue weighted by Gasteiger charge is -2.09. The Balaban J connectivity index is 2.28. The van der Waals surface area contributed by atoms with Crippen LogP contribution in [0.2, 0.25) is 0 Å². The standard InChI is InChI=1S/C16H15BrN2/c1-2-6-16-18-14-9-3-4-10-15(14)19(16)13-8-5-7-12(17)11-13/h3-5,7-11H,2,6H2,1H3. The van der Waals surface area contributed by atoms with Crippen molar-refractivity contribution in [1.29, 1.82) is 0 Å². The Hall–Kier alpha value is -1.61. The van der Waals surface area contributed by atoms with E-state index in [0.717, 1.165) is 34.3 Å². The van der Waals surface area contributed by atoms with Gasteiger partial charge >= 0.3 is 0 Å². The van der Waals surface area contributed by atoms with Gasteiger partial charge in [0.05, 0.1) is 11.0 Å². The van der Waals surface area contributed by atoms with E-state index >= 15 is 0 Å². The van der Waals surface area contributed by atoms with Crippen LogP contribution in [-0.2, 0) is 6.42 Å². The first-order valence-electron chi connectivity index (χ1n) is 6.52. The molecule has 2 aromatic carbocycles. The summed E-state index contributed by atoms with van der Waals surface area (Å²) >= 11 is 3.54. The quantitative estimate of drug-likeness (QED) is 0.682. The number of fused-ring (bicyclic) bond motifs is 1. The summed E-state index contributed by atoms with van der Waals surface area (Å²) in [5, 5.41) is 0. The van der Waals surface area contributed by atoms with E-state index in [-0.39, 0.29) is 0 Å². The Morgan fingerprint density at radius 2 is 1.95 bits per heavy atom. The lowest BCUT2D eigenvalue weighted by molar-refractivity contribution is 0.818. The van der Waals surface area contributed by atoms with Crippen molar-refractivity contribution in [3.05, 3.63) is 58.8 Å². The van der Waals surface area contributed by atoms with Crippen molar-refractivity contribution in [3.8, 4) is 5.69 Å². The Bertz CT molecular complexity index is 716. The molecule has 0 aliphatic heterocycles. The van der Waals surface area contributed by atoms with Gasteiger partial charge in [0.2, 0.25) is 0 Å². The number of aryl methyl sites for hydroxylation is 1. The highest BCUT2D eigenvalue weighted by Crippen LogP contribution is 2.24. The third-order valence-electron chi connectivity index (χ3n) is 3.17. The van der Waals surface area contributed by atoms with Crippen LogP contribution in [0, 0.1) is 0 Å². The van der Waals surface area contributed by atoms with Gasteiger partial charge in [-0.05, 0) is 36.8 Å². The smallest absolute Gasteiger partial charge is 0.114 e. The molecule has 0 bridgehead atoms. The van der Waals surface area contributed by atoms with Crippen LogP contribution in [0.4, 0.5) is 0 Å². The predicted octanol–water partition coefficient (Wildman–Crippen LogP) is 4.74. The molecule has 0 amide bonds. The highest BCUT2D eigenvalue weighted by atomic mass is 79.9. The second-order valence-corrected chi connectivity index (χ2v) is 5.50. The van der Waals surface area contributed by atoms with Gasteiger partial charge in [-0.25, -0.2) is 4.98 Å². The predicted molar refractivity (Wildman–Crippen MR) is 82.8 cm³/mol. The Kier molecular flexibility index (Phi) is 3.38. The third kappa shape index (κ3) is 2.30. The zero-order chi connectivity index (χ0) is 13.2. The summed E-state index contributed by atoms with van der Waals surface area (Å²) in [5.41, 5.74) is 3.39. The fraction of sp³-hybridized carbons (Fsp3) is 0.188. The molecule has 1 aromatic heterocycles. The maximum absolute atomic E-state index is 4.76. The van der Waals surface area contributed by atoms with Crippen LogP contribution in [0.3, 0.4) is 0 Å². The highest BCUT2D eigenvalue weighted by Gasteiger charge is 2.11. The molecule has 0 unspecified atom stereocenters. The molecule has 0 saturated heterocycles. The SMILES string of the molecule is CCCc1nc2ccccc2n1-c1cccc(Br)c1. The number of nitrogens with zero attached hydrogens (tertiary/aromatic N) is 2. The van der Waals surface area contributed by atoms with E-state index in [9.17, 15) is 0 Å². The maximum atomic E-state index is 4.76. The van der Waals surface area contributed by atoms with E-state index in [0.29, 0.717) is 0 Å². The zero-order valence-corrected chi connectivity index (χ0v) is 12.4. The number of hydrogen-bond acceptors (Lipinski definition) is 1. The number of imidazole rings is 1. The van der Waals surface area contributed by atoms with Crippen LogP contribution in [0.5, 0.6) is 0 Å². The molecular formula is C16H15BrN2. The first kappa shape index (κ1) is 12.4. The average molecular weight is 315 g/mol. The minimum absolute atomic E-state index is 0.987. The number of aromatic nitrogens is 2. The summed E-state index contributed by atoms with van der Waals surface area (Å²) in [6.07, 6.45) is 2.08. The van der Waals surface area contributed by atoms with E-state index < -0.39 is 0 Å². The van der Waals surface area contributed by atoms with E-state index in [1.54, 1.807) is 0 Å². The molecule has 0 aliphatic carbocycles. The van der Waals surface area contributed by atoms with Gasteiger partial charge in [-0.3, -0.25) is 4.57 Å². The van der Waals surface area contributed by atoms with E-state index in [1.165, 1.54) is 5.52 Å². The Labute approximate surface area is 121 Å². The summed E-state index contributed by atoms with van der Waals surface area (Å²) in [4.78, 5) is 4.76. The van der Waals surface area contributed by atoms with Gasteiger partial charge < -0.3 is 0 Å². The molecule has 0 fully saturated rings. The second kappa shape index (κ2) is 5.17. The molecule has 3 rings (SSSR count). The molecule has 0 saturated carbocycles. The molecule has 3 aromatic rings. The summed E-state index contributed by atoms with van der Waals surface area (Å²) in [6.45, 7) is 2.19. The number of halogens is 1. The normalized spacial score (nSPS) is 11.1. The van der Waals surface area contributed by atoms with Crippen LogP contribution in [0.25, 0.3) is 16.7 Å². The van der Waals surface area contributed by atoms with Crippen LogP contribution < -0.4 is 0 Å². The molecule has 2 nitrogen and oxygen atoms in total. The number of benzene rings is 2. The van der Waals surface area contributed by atoms with E-state index in [1.807, 2.05) is 12.1 Å². The molecule has 0 atom stereocenters. The van der Waals surface area contributed by atoms with Crippen molar-refractivity contribution in [2.24, 2.45) is 0 Å². The monoisotopic (exact) mass is 314 g/mol. The molecule has 96 valence electrons. The van der Waals surface area contributed by atoms with E-state index in [2.05, 4.69) is 63.8 Å². The van der Waals surface area contributed by atoms with Crippen molar-refractivity contribution in [1.82, 2.24) is 9.55 Å². The highest BCUT2D eigenvalue weighted by molar-refractivity contribution is 9.10. The lowest BCUT2D eigenvalue weighted by atomic mass is 10.2. The minimum atomic E-state index is 0.987. The van der Waals surface area contributed by atoms with Gasteiger partial charge in [0.15, 0.2) is 0 Å². The van der Waals surface area contributed by atoms with Gasteiger partial charge in [0.25, 0.3) is 0 Å². The number of para-hydroxylation sites is 2. The van der Waals surface area contributed by atoms with Crippen LogP contribution in [0.15, 0.2) is 53.0 Å². The van der Waals surface area contributed by atoms with Crippen LogP contribution in [0.1, 0.15) is 19.2 Å². The molecule has 0 spiro atoms. The molecule has 3 heteroatoms. The Morgan fingerprint density at radius 3 is 2.74 bits per heavy atom. The van der Waals surface area contributed by atoms with Crippen molar-refractivity contribution >= 4 is 27.0 Å². The van der Waals surface area contributed by atoms with Crippen LogP contribution in [-0.4, -0.2) is 9.55 Å². The van der Waals surface area contributed by atoms with Gasteiger partial charge in [0, 0.05) is 16.6 Å². The maximum Gasteiger partial charge on any atom is 0.114 e. The fourth-order valence-electron chi connectivity index (χ4n) is 2.37. The molecule has 1 heterocycles. The van der Waals surface area contributed by atoms with E-state index in [4.69, 9.17) is 4.98 Å². The van der Waals surface area contributed by atoms with Gasteiger partial charge in [-0.15, -0.1) is 0 Å². The summed E-state index contributed by atoms with van der Waals surface area (Å²) in [6, 6.07) is 16.7. The van der Waals surface area contributed by atoms with Crippen molar-refractivity contribution < 1.29 is 0 Å². The Morgan fingerprint density at radius 1 is 1.11 bits per heavy atom. The third-order valence-corrected chi connectivity index (χ3v) is 3.66. The largest absolute Gasteiger partial charge is 0.296 e. The summed E-state index contributed by atoms with van der Waals surface area (Å²) in [5.74, 6) is 1.13. The van der Waals surface area contributed by atoms with Crippen LogP contribution >= 0.6 is 15.9 Å². The molecule has 0 radical (unpaired) electrons. The first-order valence-corrected chi connectivity index (χ1v) is 7.31. The average Bonchev–Trinajstić information content (AvgIpc) is 2.77. The molecular weight excluding hydrogens is 300 g/mol. The molecule has 19 heavy (non-hydrogen) atoms. The lowest BCUT2D eigenvalue weighted by Crippen LogP contribution is -2.00. The molecule has 0 aliphatic rings. The fourth-order valence-corrected chi connectivity index (χ4v) is 2.76. The van der Waals surface area contributed by atoms with Crippen molar-refractivity contribution in [2.75, 3.05) is 0 Å².